The minimum Gasteiger partial charge on any atom is -0.348 e. The summed E-state index contributed by atoms with van der Waals surface area (Å²) in [5.41, 5.74) is 0. The van der Waals surface area contributed by atoms with E-state index in [0.29, 0.717) is 38.4 Å². The minimum absolute atomic E-state index is 0.183. The van der Waals surface area contributed by atoms with Crippen LogP contribution >= 0.6 is 0 Å². The van der Waals surface area contributed by atoms with Crippen molar-refractivity contribution in [1.82, 2.24) is 15.5 Å². The van der Waals surface area contributed by atoms with Crippen LogP contribution in [-0.2, 0) is 14.4 Å². The van der Waals surface area contributed by atoms with Crippen molar-refractivity contribution >= 4 is 17.7 Å². The smallest absolute Gasteiger partial charge is 0.309 e. The molecular formula is C14H25N3O3. The van der Waals surface area contributed by atoms with E-state index >= 15 is 0 Å². The molecule has 1 aliphatic heterocycles. The molecule has 0 bridgehead atoms. The van der Waals surface area contributed by atoms with Crippen molar-refractivity contribution < 1.29 is 14.4 Å². The molecule has 2 N–H and O–H groups in total. The molecule has 1 aliphatic rings. The van der Waals surface area contributed by atoms with Gasteiger partial charge in [0, 0.05) is 32.6 Å². The summed E-state index contributed by atoms with van der Waals surface area (Å²) in [6, 6.07) is 0. The Hall–Kier alpha value is -1.59. The first-order valence-electron chi connectivity index (χ1n) is 7.34. The molecule has 0 aliphatic carbocycles. The molecule has 0 saturated carbocycles. The van der Waals surface area contributed by atoms with Crippen LogP contribution in [0.2, 0.25) is 0 Å². The summed E-state index contributed by atoms with van der Waals surface area (Å²) < 4.78 is 0. The van der Waals surface area contributed by atoms with E-state index in [1.54, 1.807) is 4.90 Å². The second kappa shape index (κ2) is 8.55. The minimum atomic E-state index is -0.596. The molecule has 0 aromatic rings. The summed E-state index contributed by atoms with van der Waals surface area (Å²) in [4.78, 5) is 36.1. The van der Waals surface area contributed by atoms with Crippen LogP contribution < -0.4 is 10.6 Å². The topological polar surface area (TPSA) is 78.5 Å². The number of hydrogen-bond acceptors (Lipinski definition) is 3. The SMILES string of the molecule is CC(C)CCNC(=O)C(=O)NCCCN1CCCC1=O. The van der Waals surface area contributed by atoms with Crippen molar-refractivity contribution in [2.24, 2.45) is 5.92 Å². The second-order valence-corrected chi connectivity index (χ2v) is 5.53. The molecule has 0 aromatic heterocycles. The number of carbonyl (C=O) groups is 3. The molecule has 1 rings (SSSR count). The van der Waals surface area contributed by atoms with Gasteiger partial charge in [-0.1, -0.05) is 13.8 Å². The van der Waals surface area contributed by atoms with E-state index in [4.69, 9.17) is 0 Å². The fraction of sp³-hybridized carbons (Fsp3) is 0.786. The van der Waals surface area contributed by atoms with Crippen LogP contribution in [0.3, 0.4) is 0 Å². The van der Waals surface area contributed by atoms with Gasteiger partial charge in [0.1, 0.15) is 0 Å². The number of nitrogens with zero attached hydrogens (tertiary/aromatic N) is 1. The molecule has 0 radical (unpaired) electrons. The Labute approximate surface area is 120 Å². The van der Waals surface area contributed by atoms with Gasteiger partial charge in [-0.25, -0.2) is 0 Å². The molecule has 0 atom stereocenters. The predicted octanol–water partition coefficient (Wildman–Crippen LogP) is 0.277. The maximum absolute atomic E-state index is 11.5. The molecular weight excluding hydrogens is 258 g/mol. The summed E-state index contributed by atoms with van der Waals surface area (Å²) in [5.74, 6) is -0.497. The van der Waals surface area contributed by atoms with Crippen LogP contribution in [0, 0.1) is 5.92 Å². The highest BCUT2D eigenvalue weighted by atomic mass is 16.2. The third kappa shape index (κ3) is 6.04. The van der Waals surface area contributed by atoms with Gasteiger partial charge >= 0.3 is 11.8 Å². The number of hydrogen-bond donors (Lipinski definition) is 2. The number of nitrogens with one attached hydrogen (secondary N) is 2. The molecule has 0 aromatic carbocycles. The quantitative estimate of drug-likeness (QED) is 0.520. The van der Waals surface area contributed by atoms with Gasteiger partial charge in [0.05, 0.1) is 0 Å². The van der Waals surface area contributed by atoms with Gasteiger partial charge in [0.15, 0.2) is 0 Å². The standard InChI is InChI=1S/C14H25N3O3/c1-11(2)6-8-16-14(20)13(19)15-7-4-10-17-9-3-5-12(17)18/h11H,3-10H2,1-2H3,(H,15,19)(H,16,20). The van der Waals surface area contributed by atoms with Crippen LogP contribution in [0.25, 0.3) is 0 Å². The van der Waals surface area contributed by atoms with E-state index < -0.39 is 11.8 Å². The Morgan fingerprint density at radius 1 is 1.20 bits per heavy atom. The Kier molecular flexibility index (Phi) is 7.04. The van der Waals surface area contributed by atoms with Crippen LogP contribution in [0.5, 0.6) is 0 Å². The van der Waals surface area contributed by atoms with Gasteiger partial charge in [-0.2, -0.15) is 0 Å². The summed E-state index contributed by atoms with van der Waals surface area (Å²) in [7, 11) is 0. The van der Waals surface area contributed by atoms with Gasteiger partial charge in [-0.3, -0.25) is 14.4 Å². The van der Waals surface area contributed by atoms with Crippen LogP contribution in [0.1, 0.15) is 39.5 Å². The molecule has 6 heteroatoms. The van der Waals surface area contributed by atoms with E-state index in [1.165, 1.54) is 0 Å². The molecule has 1 fully saturated rings. The maximum atomic E-state index is 11.5. The lowest BCUT2D eigenvalue weighted by atomic mass is 10.1. The summed E-state index contributed by atoms with van der Waals surface area (Å²) >= 11 is 0. The Morgan fingerprint density at radius 2 is 1.85 bits per heavy atom. The van der Waals surface area contributed by atoms with Gasteiger partial charge in [-0.15, -0.1) is 0 Å². The van der Waals surface area contributed by atoms with E-state index in [-0.39, 0.29) is 5.91 Å². The first kappa shape index (κ1) is 16.5. The van der Waals surface area contributed by atoms with Gasteiger partial charge < -0.3 is 15.5 Å². The molecule has 20 heavy (non-hydrogen) atoms. The largest absolute Gasteiger partial charge is 0.348 e. The average molecular weight is 283 g/mol. The van der Waals surface area contributed by atoms with Crippen molar-refractivity contribution in [3.05, 3.63) is 0 Å². The fourth-order valence-electron chi connectivity index (χ4n) is 2.05. The lowest BCUT2D eigenvalue weighted by molar-refractivity contribution is -0.139. The molecule has 3 amide bonds. The first-order chi connectivity index (χ1) is 9.50. The first-order valence-corrected chi connectivity index (χ1v) is 7.34. The molecule has 1 heterocycles. The molecule has 114 valence electrons. The van der Waals surface area contributed by atoms with E-state index in [9.17, 15) is 14.4 Å². The monoisotopic (exact) mass is 283 g/mol. The molecule has 0 spiro atoms. The second-order valence-electron chi connectivity index (χ2n) is 5.53. The van der Waals surface area contributed by atoms with Crippen LogP contribution in [0.4, 0.5) is 0 Å². The lowest BCUT2D eigenvalue weighted by Crippen LogP contribution is -2.41. The summed E-state index contributed by atoms with van der Waals surface area (Å²) in [5, 5.41) is 5.16. The zero-order valence-electron chi connectivity index (χ0n) is 12.4. The van der Waals surface area contributed by atoms with Gasteiger partial charge in [-0.05, 0) is 25.2 Å². The molecule has 0 unspecified atom stereocenters. The van der Waals surface area contributed by atoms with E-state index in [0.717, 1.165) is 19.4 Å². The number of rotatable bonds is 7. The van der Waals surface area contributed by atoms with E-state index in [2.05, 4.69) is 24.5 Å². The zero-order chi connectivity index (χ0) is 15.0. The van der Waals surface area contributed by atoms with Crippen molar-refractivity contribution in [3.63, 3.8) is 0 Å². The number of likely N-dealkylation sites (tertiary alicyclic amines) is 1. The zero-order valence-corrected chi connectivity index (χ0v) is 12.4. The van der Waals surface area contributed by atoms with Crippen molar-refractivity contribution in [2.75, 3.05) is 26.2 Å². The average Bonchev–Trinajstić information content (AvgIpc) is 2.79. The van der Waals surface area contributed by atoms with Crippen molar-refractivity contribution in [1.29, 1.82) is 0 Å². The fourth-order valence-corrected chi connectivity index (χ4v) is 2.05. The Balaban J connectivity index is 2.07. The third-order valence-electron chi connectivity index (χ3n) is 3.28. The summed E-state index contributed by atoms with van der Waals surface area (Å²) in [6.45, 7) is 6.51. The van der Waals surface area contributed by atoms with Crippen molar-refractivity contribution in [3.8, 4) is 0 Å². The molecule has 6 nitrogen and oxygen atoms in total. The highest BCUT2D eigenvalue weighted by Crippen LogP contribution is 2.09. The van der Waals surface area contributed by atoms with Crippen LogP contribution in [-0.4, -0.2) is 48.8 Å². The highest BCUT2D eigenvalue weighted by Gasteiger charge is 2.19. The Bertz CT molecular complexity index is 356. The van der Waals surface area contributed by atoms with Crippen LogP contribution in [0.15, 0.2) is 0 Å². The lowest BCUT2D eigenvalue weighted by Gasteiger charge is -2.15. The maximum Gasteiger partial charge on any atom is 0.309 e. The van der Waals surface area contributed by atoms with E-state index in [1.807, 2.05) is 0 Å². The van der Waals surface area contributed by atoms with Crippen molar-refractivity contribution in [2.45, 2.75) is 39.5 Å². The molecule has 1 saturated heterocycles. The highest BCUT2D eigenvalue weighted by molar-refractivity contribution is 6.35. The van der Waals surface area contributed by atoms with Gasteiger partial charge in [0.2, 0.25) is 5.91 Å². The Morgan fingerprint density at radius 3 is 2.40 bits per heavy atom. The number of amides is 3. The summed E-state index contributed by atoms with van der Waals surface area (Å²) in [6.07, 6.45) is 3.08. The third-order valence-corrected chi connectivity index (χ3v) is 3.28. The normalized spacial score (nSPS) is 14.8. The predicted molar refractivity (Wildman–Crippen MR) is 75.9 cm³/mol. The number of carbonyl (C=O) groups excluding carboxylic acids is 3. The van der Waals surface area contributed by atoms with Gasteiger partial charge in [0.25, 0.3) is 0 Å².